The molecule has 2 aromatic heterocycles. The second-order valence-corrected chi connectivity index (χ2v) is 9.67. The number of nitrogens with zero attached hydrogens (tertiary/aromatic N) is 6. The van der Waals surface area contributed by atoms with Gasteiger partial charge in [0.05, 0.1) is 25.1 Å². The molecule has 3 heterocycles. The lowest BCUT2D eigenvalue weighted by Crippen LogP contribution is -2.44. The van der Waals surface area contributed by atoms with Crippen molar-refractivity contribution >= 4 is 11.6 Å². The molecule has 2 N–H and O–H groups in total. The number of fused-ring (bicyclic) bond motifs is 3. The van der Waals surface area contributed by atoms with E-state index in [1.54, 1.807) is 16.2 Å². The third-order valence-electron chi connectivity index (χ3n) is 6.90. The summed E-state index contributed by atoms with van der Waals surface area (Å²) in [6.45, 7) is 9.38. The first-order valence-electron chi connectivity index (χ1n) is 13.1. The molecule has 0 atom stereocenters. The molecule has 1 aliphatic heterocycles. The Hall–Kier alpha value is -4.74. The van der Waals surface area contributed by atoms with Crippen molar-refractivity contribution < 1.29 is 14.3 Å². The maximum absolute atomic E-state index is 13.9. The van der Waals surface area contributed by atoms with E-state index in [2.05, 4.69) is 38.1 Å². The fourth-order valence-electron chi connectivity index (χ4n) is 5.16. The van der Waals surface area contributed by atoms with Crippen LogP contribution in [-0.4, -0.2) is 55.9 Å². The fraction of sp³-hybridized carbons (Fsp3) is 0.357. The summed E-state index contributed by atoms with van der Waals surface area (Å²) in [6, 6.07) is 9.99. The highest BCUT2D eigenvalue weighted by atomic mass is 16.5. The van der Waals surface area contributed by atoms with E-state index in [9.17, 15) is 9.59 Å². The number of aryl methyl sites for hydroxylation is 4. The van der Waals surface area contributed by atoms with E-state index < -0.39 is 5.91 Å². The first-order valence-corrected chi connectivity index (χ1v) is 13.1. The molecule has 208 valence electrons. The highest BCUT2D eigenvalue weighted by molar-refractivity contribution is 5.89. The highest BCUT2D eigenvalue weighted by Gasteiger charge is 2.23. The van der Waals surface area contributed by atoms with Crippen molar-refractivity contribution in [1.29, 1.82) is 0 Å². The first kappa shape index (κ1) is 26.9. The predicted octanol–water partition coefficient (Wildman–Crippen LogP) is 2.38. The maximum Gasteiger partial charge on any atom is 0.330 e. The van der Waals surface area contributed by atoms with Gasteiger partial charge >= 0.3 is 5.69 Å². The van der Waals surface area contributed by atoms with Crippen LogP contribution in [0.15, 0.2) is 40.1 Å². The van der Waals surface area contributed by atoms with Crippen molar-refractivity contribution in [2.75, 3.05) is 20.3 Å². The standard InChI is InChI=1S/C28H32N8O4/c1-6-40-23-13-19-7-9-35-21(20(19)14-22(23)39-5)15-24(30-25-17(3)11-16(2)12-18(25)4)36(28(35)38)10-8-29-27(37)26-31-33-34-32-26/h11-15H,6-10H2,1-5H3,(H,29,37)(H,31,32,33,34). The van der Waals surface area contributed by atoms with Gasteiger partial charge in [-0.05, 0) is 68.2 Å². The molecule has 0 fully saturated rings. The van der Waals surface area contributed by atoms with Crippen molar-refractivity contribution in [3.05, 3.63) is 74.4 Å². The Labute approximate surface area is 230 Å². The van der Waals surface area contributed by atoms with E-state index in [1.165, 1.54) is 0 Å². The number of carbonyl (C=O) groups excluding carboxylic acids is 1. The zero-order chi connectivity index (χ0) is 28.4. The van der Waals surface area contributed by atoms with Crippen LogP contribution in [0, 0.1) is 20.8 Å². The van der Waals surface area contributed by atoms with Crippen LogP contribution in [0.5, 0.6) is 11.5 Å². The molecule has 1 aliphatic rings. The molecule has 12 heteroatoms. The van der Waals surface area contributed by atoms with Gasteiger partial charge in [-0.25, -0.2) is 9.79 Å². The molecule has 0 aliphatic carbocycles. The van der Waals surface area contributed by atoms with Crippen molar-refractivity contribution in [2.45, 2.75) is 47.2 Å². The van der Waals surface area contributed by atoms with Crippen molar-refractivity contribution in [2.24, 2.45) is 4.99 Å². The molecule has 5 rings (SSSR count). The van der Waals surface area contributed by atoms with E-state index >= 15 is 0 Å². The molecule has 0 radical (unpaired) electrons. The van der Waals surface area contributed by atoms with Crippen molar-refractivity contribution in [1.82, 2.24) is 35.1 Å². The maximum atomic E-state index is 13.9. The minimum absolute atomic E-state index is 0.0695. The van der Waals surface area contributed by atoms with Gasteiger partial charge in [0.2, 0.25) is 0 Å². The lowest BCUT2D eigenvalue weighted by Gasteiger charge is -2.25. The molecular weight excluding hydrogens is 512 g/mol. The highest BCUT2D eigenvalue weighted by Crippen LogP contribution is 2.37. The number of H-pyrrole nitrogens is 1. The average Bonchev–Trinajstić information content (AvgIpc) is 3.47. The summed E-state index contributed by atoms with van der Waals surface area (Å²) in [5, 5.41) is 15.8. The van der Waals surface area contributed by atoms with Crippen LogP contribution >= 0.6 is 0 Å². The molecule has 4 aromatic rings. The summed E-state index contributed by atoms with van der Waals surface area (Å²) < 4.78 is 14.7. The molecule has 0 saturated heterocycles. The number of methoxy groups -OCH3 is 1. The monoisotopic (exact) mass is 544 g/mol. The fourth-order valence-corrected chi connectivity index (χ4v) is 5.16. The number of aromatic amines is 1. The lowest BCUT2D eigenvalue weighted by atomic mass is 9.97. The first-order chi connectivity index (χ1) is 19.3. The summed E-state index contributed by atoms with van der Waals surface area (Å²) in [6.07, 6.45) is 0.660. The summed E-state index contributed by atoms with van der Waals surface area (Å²) in [5.74, 6) is 0.729. The third-order valence-corrected chi connectivity index (χ3v) is 6.90. The molecule has 0 unspecified atom stereocenters. The van der Waals surface area contributed by atoms with Gasteiger partial charge in [-0.2, -0.15) is 5.21 Å². The second kappa shape index (κ2) is 11.2. The smallest absolute Gasteiger partial charge is 0.330 e. The number of nitrogens with one attached hydrogen (secondary N) is 2. The predicted molar refractivity (Wildman–Crippen MR) is 148 cm³/mol. The van der Waals surface area contributed by atoms with Crippen LogP contribution in [0.3, 0.4) is 0 Å². The summed E-state index contributed by atoms with van der Waals surface area (Å²) in [7, 11) is 1.60. The molecule has 12 nitrogen and oxygen atoms in total. The number of tetrazole rings is 1. The van der Waals surface area contributed by atoms with Crippen LogP contribution in [0.25, 0.3) is 11.3 Å². The molecule has 0 saturated carbocycles. The Morgan fingerprint density at radius 3 is 2.58 bits per heavy atom. The molecule has 40 heavy (non-hydrogen) atoms. The SMILES string of the molecule is CCOc1cc2c(cc1OC)-c1cc(=Nc3c(C)cc(C)cc3C)n(CCNC(=O)c3nn[nH]n3)c(=O)n1CC2. The minimum Gasteiger partial charge on any atom is -0.493 e. The van der Waals surface area contributed by atoms with Crippen LogP contribution in [0.1, 0.15) is 39.8 Å². The number of benzene rings is 2. The van der Waals surface area contributed by atoms with Crippen LogP contribution in [0.4, 0.5) is 5.69 Å². The number of rotatable bonds is 8. The topological polar surface area (TPSA) is 141 Å². The van der Waals surface area contributed by atoms with Crippen molar-refractivity contribution in [3.8, 4) is 22.8 Å². The van der Waals surface area contributed by atoms with E-state index in [0.717, 1.165) is 39.2 Å². The number of amides is 1. The van der Waals surface area contributed by atoms with Crippen LogP contribution < -0.4 is 26.0 Å². The number of hydrogen-bond acceptors (Lipinski definition) is 8. The van der Waals surface area contributed by atoms with Crippen LogP contribution in [0.2, 0.25) is 0 Å². The molecule has 0 spiro atoms. The summed E-state index contributed by atoms with van der Waals surface area (Å²) >= 11 is 0. The summed E-state index contributed by atoms with van der Waals surface area (Å²) in [5.41, 5.74) is 6.96. The minimum atomic E-state index is -0.484. The Morgan fingerprint density at radius 2 is 1.90 bits per heavy atom. The second-order valence-electron chi connectivity index (χ2n) is 9.67. The van der Waals surface area contributed by atoms with Gasteiger partial charge in [-0.15, -0.1) is 10.2 Å². The Balaban J connectivity index is 1.64. The number of ether oxygens (including phenoxy) is 2. The summed E-state index contributed by atoms with van der Waals surface area (Å²) in [4.78, 5) is 31.3. The van der Waals surface area contributed by atoms with Gasteiger partial charge in [0.15, 0.2) is 11.5 Å². The van der Waals surface area contributed by atoms with Gasteiger partial charge < -0.3 is 14.8 Å². The Kier molecular flexibility index (Phi) is 7.50. The van der Waals surface area contributed by atoms with E-state index in [-0.39, 0.29) is 24.6 Å². The quantitative estimate of drug-likeness (QED) is 0.347. The van der Waals surface area contributed by atoms with Gasteiger partial charge in [0.25, 0.3) is 11.7 Å². The van der Waals surface area contributed by atoms with E-state index in [4.69, 9.17) is 14.5 Å². The molecular formula is C28H32N8O4. The number of hydrogen-bond donors (Lipinski definition) is 2. The van der Waals surface area contributed by atoms with Gasteiger partial charge in [-0.3, -0.25) is 13.9 Å². The Morgan fingerprint density at radius 1 is 1.12 bits per heavy atom. The van der Waals surface area contributed by atoms with Gasteiger partial charge in [-0.1, -0.05) is 17.7 Å². The third kappa shape index (κ3) is 5.12. The van der Waals surface area contributed by atoms with E-state index in [0.29, 0.717) is 36.6 Å². The Bertz CT molecular complexity index is 1680. The normalized spacial score (nSPS) is 12.6. The zero-order valence-electron chi connectivity index (χ0n) is 23.2. The molecule has 2 aromatic carbocycles. The largest absolute Gasteiger partial charge is 0.493 e. The molecule has 0 bridgehead atoms. The molecule has 1 amide bonds. The van der Waals surface area contributed by atoms with Gasteiger partial charge in [0, 0.05) is 31.3 Å². The average molecular weight is 545 g/mol. The van der Waals surface area contributed by atoms with Crippen LogP contribution in [-0.2, 0) is 19.5 Å². The number of aromatic nitrogens is 6. The zero-order valence-corrected chi connectivity index (χ0v) is 23.2. The lowest BCUT2D eigenvalue weighted by molar-refractivity contribution is 0.0941. The van der Waals surface area contributed by atoms with Crippen molar-refractivity contribution in [3.63, 3.8) is 0 Å². The van der Waals surface area contributed by atoms with E-state index in [1.807, 2.05) is 45.9 Å². The number of carbonyl (C=O) groups is 1. The van der Waals surface area contributed by atoms with Gasteiger partial charge in [0.1, 0.15) is 5.49 Å².